The zero-order valence-corrected chi connectivity index (χ0v) is 13.4. The molecule has 0 spiro atoms. The Morgan fingerprint density at radius 3 is 2.11 bits per heavy atom. The summed E-state index contributed by atoms with van der Waals surface area (Å²) in [5, 5.41) is 11.1. The van der Waals surface area contributed by atoms with E-state index < -0.39 is 4.92 Å². The van der Waals surface area contributed by atoms with Gasteiger partial charge in [-0.1, -0.05) is 0 Å². The van der Waals surface area contributed by atoms with Crippen LogP contribution in [0.5, 0.6) is 17.2 Å². The van der Waals surface area contributed by atoms with E-state index in [0.29, 0.717) is 17.5 Å². The summed E-state index contributed by atoms with van der Waals surface area (Å²) in [6.07, 6.45) is 0.535. The summed E-state index contributed by atoms with van der Waals surface area (Å²) in [4.78, 5) is 10.6. The third-order valence-electron chi connectivity index (χ3n) is 2.33. The van der Waals surface area contributed by atoms with Crippen molar-refractivity contribution >= 4 is 14.9 Å². The molecular weight excluding hydrogens is 325 g/mol. The molecule has 6 nitrogen and oxygen atoms in total. The molecule has 0 fully saturated rings. The number of hydrogen-bond donors (Lipinski definition) is 0. The lowest BCUT2D eigenvalue weighted by molar-refractivity contribution is -0.386. The first-order chi connectivity index (χ1) is 8.10. The van der Waals surface area contributed by atoms with Gasteiger partial charge in [-0.25, -0.2) is 0 Å². The smallest absolute Gasteiger partial charge is 0.321 e. The van der Waals surface area contributed by atoms with Crippen molar-refractivity contribution in [2.24, 2.45) is 0 Å². The lowest BCUT2D eigenvalue weighted by atomic mass is 10.1. The van der Waals surface area contributed by atoms with Crippen LogP contribution in [0.2, 0.25) is 0 Å². The highest BCUT2D eigenvalue weighted by Crippen LogP contribution is 2.46. The van der Waals surface area contributed by atoms with Crippen LogP contribution in [0.1, 0.15) is 5.56 Å². The Kier molecular flexibility index (Phi) is 6.94. The third kappa shape index (κ3) is 3.03. The predicted molar refractivity (Wildman–Crippen MR) is 67.6 cm³/mol. The molecule has 1 aromatic rings. The maximum atomic E-state index is 11.1. The van der Waals surface area contributed by atoms with E-state index in [2.05, 4.69) is 0 Å². The molecule has 0 saturated carbocycles. The van der Waals surface area contributed by atoms with E-state index in [9.17, 15) is 10.1 Å². The maximum Gasteiger partial charge on any atom is 0.321 e. The van der Waals surface area contributed by atoms with Gasteiger partial charge in [0.2, 0.25) is 11.5 Å². The Balaban J connectivity index is 0.00000289. The van der Waals surface area contributed by atoms with Crippen molar-refractivity contribution in [2.75, 3.05) is 21.3 Å². The van der Waals surface area contributed by atoms with Crippen LogP contribution >= 0.6 is 9.24 Å². The minimum absolute atomic E-state index is 0. The van der Waals surface area contributed by atoms with Gasteiger partial charge in [0.25, 0.3) is 0 Å². The normalized spacial score (nSPS) is 9.50. The van der Waals surface area contributed by atoms with Crippen molar-refractivity contribution in [3.63, 3.8) is 0 Å². The van der Waals surface area contributed by atoms with Crippen molar-refractivity contribution in [2.45, 2.75) is 6.16 Å². The average molecular weight is 340 g/mol. The summed E-state index contributed by atoms with van der Waals surface area (Å²) >= 11 is 0. The van der Waals surface area contributed by atoms with E-state index in [1.54, 1.807) is 15.3 Å². The summed E-state index contributed by atoms with van der Waals surface area (Å²) in [6.45, 7) is 0. The summed E-state index contributed by atoms with van der Waals surface area (Å²) in [5.41, 5.74) is 0.489. The first-order valence-corrected chi connectivity index (χ1v) is 5.86. The highest BCUT2D eigenvalue weighted by atomic mass is 79.9. The second kappa shape index (κ2) is 7.38. The summed E-state index contributed by atoms with van der Waals surface area (Å²) in [6, 6.07) is 1.60. The molecule has 1 atom stereocenters. The van der Waals surface area contributed by atoms with Crippen molar-refractivity contribution in [3.8, 4) is 17.2 Å². The minimum Gasteiger partial charge on any atom is -1.00 e. The van der Waals surface area contributed by atoms with Gasteiger partial charge >= 0.3 is 5.69 Å². The molecule has 0 aliphatic carbocycles. The summed E-state index contributed by atoms with van der Waals surface area (Å²) in [7, 11) is 5.88. The van der Waals surface area contributed by atoms with Gasteiger partial charge in [-0.15, -0.1) is 0 Å². The Labute approximate surface area is 118 Å². The predicted octanol–water partition coefficient (Wildman–Crippen LogP) is -1.27. The fourth-order valence-electron chi connectivity index (χ4n) is 1.58. The van der Waals surface area contributed by atoms with Crippen LogP contribution in [0.4, 0.5) is 5.69 Å². The van der Waals surface area contributed by atoms with Gasteiger partial charge in [0.05, 0.1) is 38.0 Å². The largest absolute Gasteiger partial charge is 1.00 e. The highest BCUT2D eigenvalue weighted by molar-refractivity contribution is 7.15. The highest BCUT2D eigenvalue weighted by Gasteiger charge is 2.28. The third-order valence-corrected chi connectivity index (χ3v) is 2.87. The van der Waals surface area contributed by atoms with Crippen molar-refractivity contribution in [1.82, 2.24) is 0 Å². The van der Waals surface area contributed by atoms with E-state index in [-0.39, 0.29) is 34.2 Å². The van der Waals surface area contributed by atoms with Gasteiger partial charge < -0.3 is 31.2 Å². The Morgan fingerprint density at radius 2 is 1.78 bits per heavy atom. The Hall–Kier alpha value is -1.07. The topological polar surface area (TPSA) is 70.8 Å². The zero-order chi connectivity index (χ0) is 13.0. The van der Waals surface area contributed by atoms with Crippen molar-refractivity contribution in [3.05, 3.63) is 21.7 Å². The minimum atomic E-state index is -0.468. The number of halogens is 1. The number of rotatable bonds is 5. The SMILES string of the molecule is COc1cc(C[PH3+])c([N+](=O)[O-])c(OC)c1OC.[Br-]. The van der Waals surface area contributed by atoms with Crippen LogP contribution in [0.25, 0.3) is 0 Å². The van der Waals surface area contributed by atoms with Gasteiger partial charge in [0.1, 0.15) is 0 Å². The summed E-state index contributed by atoms with van der Waals surface area (Å²) < 4.78 is 15.3. The molecule has 0 saturated heterocycles. The number of nitro groups is 1. The number of hydrogen-bond acceptors (Lipinski definition) is 5. The van der Waals surface area contributed by atoms with E-state index in [4.69, 9.17) is 14.2 Å². The van der Waals surface area contributed by atoms with E-state index in [1.165, 1.54) is 21.3 Å². The summed E-state index contributed by atoms with van der Waals surface area (Å²) in [5.74, 6) is 0.761. The second-order valence-electron chi connectivity index (χ2n) is 3.16. The van der Waals surface area contributed by atoms with Crippen LogP contribution in [0.3, 0.4) is 0 Å². The molecule has 0 aliphatic rings. The lowest BCUT2D eigenvalue weighted by Crippen LogP contribution is -3.00. The van der Waals surface area contributed by atoms with Crippen LogP contribution in [-0.2, 0) is 6.16 Å². The fraction of sp³-hybridized carbons (Fsp3) is 0.400. The molecule has 1 unspecified atom stereocenters. The van der Waals surface area contributed by atoms with Crippen LogP contribution in [0.15, 0.2) is 6.07 Å². The molecule has 102 valence electrons. The second-order valence-corrected chi connectivity index (χ2v) is 3.66. The standard InChI is InChI=1S/C10H14NO5P.BrH/c1-14-7-4-6(5-17)8(11(12)13)10(16-3)9(7)15-2;/h4H,5,17H2,1-3H3;1H. The Morgan fingerprint density at radius 1 is 1.22 bits per heavy atom. The van der Waals surface area contributed by atoms with Gasteiger partial charge in [-0.2, -0.15) is 0 Å². The molecule has 1 rings (SSSR count). The number of benzene rings is 1. The van der Waals surface area contributed by atoms with Gasteiger partial charge in [0, 0.05) is 0 Å². The molecule has 8 heteroatoms. The Bertz CT molecular complexity index is 441. The van der Waals surface area contributed by atoms with E-state index in [0.717, 1.165) is 0 Å². The first kappa shape index (κ1) is 16.9. The fourth-order valence-corrected chi connectivity index (χ4v) is 1.96. The molecule has 0 amide bonds. The van der Waals surface area contributed by atoms with E-state index >= 15 is 0 Å². The maximum absolute atomic E-state index is 11.1. The number of methoxy groups -OCH3 is 3. The van der Waals surface area contributed by atoms with Crippen molar-refractivity contribution in [1.29, 1.82) is 0 Å². The molecule has 0 N–H and O–H groups in total. The zero-order valence-electron chi connectivity index (χ0n) is 10.4. The molecular formula is C10H15BrNO5P. The monoisotopic (exact) mass is 339 g/mol. The lowest BCUT2D eigenvalue weighted by Gasteiger charge is -2.13. The average Bonchev–Trinajstić information content (AvgIpc) is 2.35. The number of nitrogens with zero attached hydrogens (tertiary/aromatic N) is 1. The number of nitro benzene ring substituents is 1. The van der Waals surface area contributed by atoms with Crippen molar-refractivity contribution < 1.29 is 36.1 Å². The van der Waals surface area contributed by atoms with E-state index in [1.807, 2.05) is 0 Å². The van der Waals surface area contributed by atoms with Crippen LogP contribution in [-0.4, -0.2) is 26.3 Å². The number of ether oxygens (including phenoxy) is 3. The van der Waals surface area contributed by atoms with Gasteiger partial charge in [-0.05, 0) is 15.3 Å². The molecule has 0 aromatic heterocycles. The molecule has 0 heterocycles. The quantitative estimate of drug-likeness (QED) is 0.380. The first-order valence-electron chi connectivity index (χ1n) is 4.86. The van der Waals surface area contributed by atoms with Gasteiger partial charge in [0.15, 0.2) is 5.75 Å². The van der Waals surface area contributed by atoms with Gasteiger partial charge in [-0.3, -0.25) is 10.1 Å². The molecule has 1 aromatic carbocycles. The van der Waals surface area contributed by atoms with Crippen LogP contribution in [0, 0.1) is 10.1 Å². The molecule has 0 bridgehead atoms. The molecule has 0 aliphatic heterocycles. The van der Waals surface area contributed by atoms with Crippen LogP contribution < -0.4 is 31.2 Å². The molecule has 0 radical (unpaired) electrons. The molecule has 18 heavy (non-hydrogen) atoms.